The quantitative estimate of drug-likeness (QED) is 0.148. The van der Waals surface area contributed by atoms with Crippen molar-refractivity contribution in [3.8, 4) is 33.4 Å². The molecule has 10 aromatic carbocycles. The summed E-state index contributed by atoms with van der Waals surface area (Å²) in [6, 6.07) is 96.2. The second-order valence-electron chi connectivity index (χ2n) is 16.8. The SMILES string of the molecule is c1ccc(N(c2ccccc2)c2ccc(-c3ccc(-c4ccc(C5(c6ccccc6)c6ccccc6C6(c7ccccc7)c7ccccc7-c7cccc5c76)cc4)cc3)cc2)cc1. The van der Waals surface area contributed by atoms with Crippen LogP contribution in [0.5, 0.6) is 0 Å². The van der Waals surface area contributed by atoms with Gasteiger partial charge in [0.2, 0.25) is 0 Å². The molecule has 0 saturated heterocycles. The summed E-state index contributed by atoms with van der Waals surface area (Å²) < 4.78 is 0. The fraction of sp³-hybridized carbons (Fsp3) is 0.0323. The molecular weight excluding hydrogens is 759 g/mol. The molecule has 0 N–H and O–H groups in total. The van der Waals surface area contributed by atoms with Gasteiger partial charge in [-0.3, -0.25) is 0 Å². The lowest BCUT2D eigenvalue weighted by molar-refractivity contribution is 0.627. The van der Waals surface area contributed by atoms with Gasteiger partial charge in [0.1, 0.15) is 0 Å². The molecule has 2 atom stereocenters. The third-order valence-electron chi connectivity index (χ3n) is 13.6. The van der Waals surface area contributed by atoms with Gasteiger partial charge >= 0.3 is 0 Å². The number of hydrogen-bond acceptors (Lipinski definition) is 1. The van der Waals surface area contributed by atoms with E-state index in [1.807, 2.05) is 0 Å². The van der Waals surface area contributed by atoms with Crippen LogP contribution >= 0.6 is 0 Å². The smallest absolute Gasteiger partial charge is 0.0720 e. The zero-order chi connectivity index (χ0) is 41.8. The fourth-order valence-corrected chi connectivity index (χ4v) is 11.0. The Balaban J connectivity index is 0.951. The molecule has 2 aliphatic rings. The molecule has 12 rings (SSSR count). The summed E-state index contributed by atoms with van der Waals surface area (Å²) in [4.78, 5) is 2.30. The van der Waals surface area contributed by atoms with Crippen molar-refractivity contribution in [3.05, 3.63) is 305 Å². The monoisotopic (exact) mass is 801 g/mol. The minimum atomic E-state index is -0.561. The lowest BCUT2D eigenvalue weighted by Gasteiger charge is -2.49. The maximum atomic E-state index is 2.41. The van der Waals surface area contributed by atoms with Crippen molar-refractivity contribution < 1.29 is 0 Å². The molecular formula is C62H43N. The largest absolute Gasteiger partial charge is 0.311 e. The zero-order valence-corrected chi connectivity index (χ0v) is 34.8. The zero-order valence-electron chi connectivity index (χ0n) is 34.8. The number of rotatable bonds is 8. The third-order valence-corrected chi connectivity index (χ3v) is 13.6. The van der Waals surface area contributed by atoms with Gasteiger partial charge in [-0.05, 0) is 114 Å². The Morgan fingerprint density at radius 1 is 0.222 bits per heavy atom. The first-order valence-electron chi connectivity index (χ1n) is 21.9. The van der Waals surface area contributed by atoms with Crippen LogP contribution in [0.4, 0.5) is 17.1 Å². The standard InChI is InChI=1S/C62H43N/c1-5-18-48(19-6-1)61(57-29-15-16-30-58(57)62(49-20-7-2-8-21-49)56-28-14-13-26-54(56)55-27-17-31-59(61)60(55)62)50-40-36-46(37-41-50)44-32-34-45(35-33-44)47-38-42-53(43-39-47)63(51-22-9-3-10-23-51)52-24-11-4-12-25-52/h1-43H. The van der Waals surface area contributed by atoms with Crippen molar-refractivity contribution in [2.75, 3.05) is 4.90 Å². The minimum Gasteiger partial charge on any atom is -0.311 e. The van der Waals surface area contributed by atoms with E-state index in [9.17, 15) is 0 Å². The number of para-hydroxylation sites is 2. The predicted molar refractivity (Wildman–Crippen MR) is 261 cm³/mol. The Labute approximate surface area is 369 Å². The lowest BCUT2D eigenvalue weighted by Crippen LogP contribution is -2.44. The third kappa shape index (κ3) is 5.56. The van der Waals surface area contributed by atoms with E-state index in [2.05, 4.69) is 266 Å². The van der Waals surface area contributed by atoms with Gasteiger partial charge in [-0.1, -0.05) is 224 Å². The summed E-state index contributed by atoms with van der Waals surface area (Å²) >= 11 is 0. The van der Waals surface area contributed by atoms with E-state index in [1.54, 1.807) is 0 Å². The first kappa shape index (κ1) is 36.8. The average Bonchev–Trinajstić information content (AvgIpc) is 3.68. The molecule has 0 heterocycles. The Morgan fingerprint density at radius 2 is 0.571 bits per heavy atom. The summed E-state index contributed by atoms with van der Waals surface area (Å²) in [7, 11) is 0. The van der Waals surface area contributed by atoms with E-state index in [1.165, 1.54) is 77.9 Å². The maximum absolute atomic E-state index is 2.41. The van der Waals surface area contributed by atoms with Crippen LogP contribution in [0.25, 0.3) is 33.4 Å². The van der Waals surface area contributed by atoms with Crippen molar-refractivity contribution in [3.63, 3.8) is 0 Å². The van der Waals surface area contributed by atoms with Crippen LogP contribution in [-0.2, 0) is 10.8 Å². The lowest BCUT2D eigenvalue weighted by atomic mass is 9.51. The van der Waals surface area contributed by atoms with E-state index in [4.69, 9.17) is 0 Å². The van der Waals surface area contributed by atoms with E-state index < -0.39 is 10.8 Å². The molecule has 1 nitrogen and oxygen atoms in total. The van der Waals surface area contributed by atoms with Crippen LogP contribution in [0.3, 0.4) is 0 Å². The minimum absolute atomic E-state index is 0.455. The number of hydrogen-bond donors (Lipinski definition) is 0. The summed E-state index contributed by atoms with van der Waals surface area (Å²) in [5, 5.41) is 0. The van der Waals surface area contributed by atoms with Crippen LogP contribution in [0.2, 0.25) is 0 Å². The Hall–Kier alpha value is -8.00. The topological polar surface area (TPSA) is 3.24 Å². The normalized spacial score (nSPS) is 16.7. The first-order chi connectivity index (χ1) is 31.3. The molecule has 10 aromatic rings. The van der Waals surface area contributed by atoms with Gasteiger partial charge < -0.3 is 4.90 Å². The van der Waals surface area contributed by atoms with Crippen LogP contribution in [0, 0.1) is 0 Å². The van der Waals surface area contributed by atoms with Crippen molar-refractivity contribution in [1.82, 2.24) is 0 Å². The molecule has 2 aliphatic carbocycles. The van der Waals surface area contributed by atoms with Crippen LogP contribution < -0.4 is 4.90 Å². The Morgan fingerprint density at radius 3 is 1.11 bits per heavy atom. The van der Waals surface area contributed by atoms with E-state index in [0.717, 1.165) is 17.1 Å². The summed E-state index contributed by atoms with van der Waals surface area (Å²) in [5.74, 6) is 0. The van der Waals surface area contributed by atoms with Crippen LogP contribution in [0.1, 0.15) is 44.5 Å². The first-order valence-corrected chi connectivity index (χ1v) is 21.9. The molecule has 0 spiro atoms. The molecule has 0 fully saturated rings. The molecule has 63 heavy (non-hydrogen) atoms. The van der Waals surface area contributed by atoms with Gasteiger partial charge in [0.15, 0.2) is 0 Å². The molecule has 2 unspecified atom stereocenters. The highest BCUT2D eigenvalue weighted by Gasteiger charge is 2.57. The second-order valence-corrected chi connectivity index (χ2v) is 16.8. The number of fused-ring (bicyclic) bond motifs is 5. The molecule has 0 saturated carbocycles. The average molecular weight is 802 g/mol. The summed E-state index contributed by atoms with van der Waals surface area (Å²) in [5.41, 5.74) is 20.3. The molecule has 0 amide bonds. The van der Waals surface area contributed by atoms with Crippen LogP contribution in [-0.4, -0.2) is 0 Å². The van der Waals surface area contributed by atoms with Gasteiger partial charge in [0.05, 0.1) is 10.8 Å². The highest BCUT2D eigenvalue weighted by Crippen LogP contribution is 2.65. The van der Waals surface area contributed by atoms with Crippen molar-refractivity contribution in [2.45, 2.75) is 10.8 Å². The second kappa shape index (κ2) is 14.9. The predicted octanol–water partition coefficient (Wildman–Crippen LogP) is 15.5. The maximum Gasteiger partial charge on any atom is 0.0720 e. The van der Waals surface area contributed by atoms with Crippen molar-refractivity contribution in [2.24, 2.45) is 0 Å². The fourth-order valence-electron chi connectivity index (χ4n) is 11.0. The van der Waals surface area contributed by atoms with E-state index >= 15 is 0 Å². The summed E-state index contributed by atoms with van der Waals surface area (Å²) in [6.07, 6.45) is 0. The number of benzene rings is 10. The van der Waals surface area contributed by atoms with Crippen LogP contribution in [0.15, 0.2) is 261 Å². The van der Waals surface area contributed by atoms with E-state index in [0.29, 0.717) is 0 Å². The summed E-state index contributed by atoms with van der Waals surface area (Å²) in [6.45, 7) is 0. The van der Waals surface area contributed by atoms with Gasteiger partial charge in [-0.2, -0.15) is 0 Å². The molecule has 0 aliphatic heterocycles. The highest BCUT2D eigenvalue weighted by atomic mass is 15.1. The number of nitrogens with zero attached hydrogens (tertiary/aromatic N) is 1. The molecule has 296 valence electrons. The van der Waals surface area contributed by atoms with Gasteiger partial charge in [-0.25, -0.2) is 0 Å². The Bertz CT molecular complexity index is 3190. The van der Waals surface area contributed by atoms with Crippen molar-refractivity contribution >= 4 is 17.1 Å². The van der Waals surface area contributed by atoms with Gasteiger partial charge in [0.25, 0.3) is 0 Å². The van der Waals surface area contributed by atoms with E-state index in [-0.39, 0.29) is 0 Å². The highest BCUT2D eigenvalue weighted by molar-refractivity contribution is 5.92. The van der Waals surface area contributed by atoms with Gasteiger partial charge in [-0.15, -0.1) is 0 Å². The Kier molecular flexibility index (Phi) is 8.69. The van der Waals surface area contributed by atoms with Crippen molar-refractivity contribution in [1.29, 1.82) is 0 Å². The molecule has 1 heteroatoms. The molecule has 0 radical (unpaired) electrons. The number of anilines is 3. The molecule has 0 bridgehead atoms. The molecule has 0 aromatic heterocycles. The van der Waals surface area contributed by atoms with Gasteiger partial charge in [0, 0.05) is 17.1 Å².